The SMILES string of the molecule is O=C1CC(I)C(O)(S)O1. The highest BCUT2D eigenvalue weighted by Crippen LogP contribution is 2.33. The standard InChI is InChI=1S/C4H5IO3S/c5-2-1-3(6)8-4(2,7)9/h2,7,9H,1H2. The zero-order valence-corrected chi connectivity index (χ0v) is 7.43. The van der Waals surface area contributed by atoms with E-state index in [1.54, 1.807) is 0 Å². The van der Waals surface area contributed by atoms with E-state index in [9.17, 15) is 4.79 Å². The van der Waals surface area contributed by atoms with Crippen LogP contribution in [0.15, 0.2) is 0 Å². The molecule has 0 spiro atoms. The maximum Gasteiger partial charge on any atom is 0.310 e. The van der Waals surface area contributed by atoms with Crippen molar-refractivity contribution in [3.8, 4) is 0 Å². The molecule has 1 fully saturated rings. The molecule has 0 aromatic rings. The lowest BCUT2D eigenvalue weighted by Gasteiger charge is -2.15. The molecule has 0 amide bonds. The van der Waals surface area contributed by atoms with Gasteiger partial charge in [-0.1, -0.05) is 22.6 Å². The number of cyclic esters (lactones) is 1. The first-order valence-electron chi connectivity index (χ1n) is 2.33. The van der Waals surface area contributed by atoms with E-state index in [-0.39, 0.29) is 10.3 Å². The van der Waals surface area contributed by atoms with Crippen LogP contribution in [-0.2, 0) is 9.53 Å². The van der Waals surface area contributed by atoms with Gasteiger partial charge in [0.25, 0.3) is 5.12 Å². The van der Waals surface area contributed by atoms with Gasteiger partial charge in [0, 0.05) is 0 Å². The average Bonchev–Trinajstić information content (AvgIpc) is 1.79. The van der Waals surface area contributed by atoms with E-state index in [0.29, 0.717) is 0 Å². The van der Waals surface area contributed by atoms with E-state index in [1.165, 1.54) is 0 Å². The van der Waals surface area contributed by atoms with Gasteiger partial charge in [0.15, 0.2) is 0 Å². The Morgan fingerprint density at radius 1 is 2.00 bits per heavy atom. The molecule has 3 nitrogen and oxygen atoms in total. The first-order valence-corrected chi connectivity index (χ1v) is 4.02. The molecule has 0 aromatic carbocycles. The monoisotopic (exact) mass is 260 g/mol. The Labute approximate surface area is 71.3 Å². The first kappa shape index (κ1) is 7.62. The van der Waals surface area contributed by atoms with Crippen LogP contribution in [-0.4, -0.2) is 20.1 Å². The second-order valence-electron chi connectivity index (χ2n) is 1.80. The van der Waals surface area contributed by atoms with E-state index in [2.05, 4.69) is 17.4 Å². The lowest BCUT2D eigenvalue weighted by molar-refractivity contribution is -0.158. The lowest BCUT2D eigenvalue weighted by atomic mass is 10.3. The first-order chi connectivity index (χ1) is 4.02. The van der Waals surface area contributed by atoms with Crippen LogP contribution in [0.4, 0.5) is 0 Å². The number of hydrogen-bond donors (Lipinski definition) is 2. The number of carbonyl (C=O) groups excluding carboxylic acids is 1. The van der Waals surface area contributed by atoms with Gasteiger partial charge in [-0.25, -0.2) is 0 Å². The van der Waals surface area contributed by atoms with Crippen molar-refractivity contribution in [2.75, 3.05) is 0 Å². The molecule has 0 saturated carbocycles. The minimum absolute atomic E-state index is 0.237. The van der Waals surface area contributed by atoms with Crippen molar-refractivity contribution in [3.63, 3.8) is 0 Å². The number of esters is 1. The van der Waals surface area contributed by atoms with E-state index >= 15 is 0 Å². The van der Waals surface area contributed by atoms with Crippen molar-refractivity contribution in [1.29, 1.82) is 0 Å². The summed E-state index contributed by atoms with van der Waals surface area (Å²) in [6, 6.07) is 0. The van der Waals surface area contributed by atoms with Crippen molar-refractivity contribution in [2.45, 2.75) is 15.5 Å². The summed E-state index contributed by atoms with van der Waals surface area (Å²) in [5, 5.41) is 7.50. The Morgan fingerprint density at radius 2 is 2.56 bits per heavy atom. The number of thiol groups is 1. The lowest BCUT2D eigenvalue weighted by Crippen LogP contribution is -2.27. The largest absolute Gasteiger partial charge is 0.422 e. The quantitative estimate of drug-likeness (QED) is 0.217. The number of hydrogen-bond acceptors (Lipinski definition) is 4. The molecule has 2 atom stereocenters. The zero-order chi connectivity index (χ0) is 7.07. The molecular formula is C4H5IO3S. The minimum Gasteiger partial charge on any atom is -0.422 e. The van der Waals surface area contributed by atoms with Gasteiger partial charge in [0.1, 0.15) is 0 Å². The third kappa shape index (κ3) is 1.50. The number of alkyl halides is 1. The number of aliphatic hydroxyl groups is 1. The topological polar surface area (TPSA) is 46.5 Å². The summed E-state index contributed by atoms with van der Waals surface area (Å²) in [5.41, 5.74) is 0. The fourth-order valence-corrected chi connectivity index (χ4v) is 1.23. The Hall–Kier alpha value is 0.510. The van der Waals surface area contributed by atoms with E-state index < -0.39 is 11.1 Å². The molecule has 0 aromatic heterocycles. The van der Waals surface area contributed by atoms with Crippen LogP contribution in [0.2, 0.25) is 0 Å². The minimum atomic E-state index is -1.54. The van der Waals surface area contributed by atoms with Gasteiger partial charge in [-0.15, -0.1) is 12.6 Å². The van der Waals surface area contributed by atoms with Gasteiger partial charge in [-0.3, -0.25) is 4.79 Å². The van der Waals surface area contributed by atoms with Gasteiger partial charge in [-0.05, 0) is 0 Å². The molecule has 5 heteroatoms. The summed E-state index contributed by atoms with van der Waals surface area (Å²) in [6.45, 7) is 0. The van der Waals surface area contributed by atoms with Crippen molar-refractivity contribution in [3.05, 3.63) is 0 Å². The Bertz CT molecular complexity index is 147. The van der Waals surface area contributed by atoms with Crippen LogP contribution in [0.3, 0.4) is 0 Å². The van der Waals surface area contributed by atoms with Crippen molar-refractivity contribution >= 4 is 41.2 Å². The van der Waals surface area contributed by atoms with Crippen molar-refractivity contribution < 1.29 is 14.6 Å². The van der Waals surface area contributed by atoms with Crippen LogP contribution in [0.1, 0.15) is 6.42 Å². The molecule has 0 bridgehead atoms. The smallest absolute Gasteiger partial charge is 0.310 e. The second-order valence-corrected chi connectivity index (χ2v) is 3.95. The maximum absolute atomic E-state index is 10.4. The highest BCUT2D eigenvalue weighted by Gasteiger charge is 2.43. The molecule has 1 aliphatic heterocycles. The third-order valence-electron chi connectivity index (χ3n) is 1.02. The summed E-state index contributed by atoms with van der Waals surface area (Å²) in [7, 11) is 0. The molecule has 0 aliphatic carbocycles. The van der Waals surface area contributed by atoms with Gasteiger partial charge in [0.05, 0.1) is 10.3 Å². The Kier molecular flexibility index (Phi) is 1.93. The van der Waals surface area contributed by atoms with Gasteiger partial charge in [-0.2, -0.15) is 0 Å². The van der Waals surface area contributed by atoms with Gasteiger partial charge < -0.3 is 9.84 Å². The molecule has 1 rings (SSSR count). The van der Waals surface area contributed by atoms with Gasteiger partial charge in [0.2, 0.25) is 0 Å². The molecule has 0 radical (unpaired) electrons. The Balaban J connectivity index is 2.69. The Morgan fingerprint density at radius 3 is 2.67 bits per heavy atom. The normalized spacial score (nSPS) is 43.0. The van der Waals surface area contributed by atoms with Crippen LogP contribution in [0, 0.1) is 0 Å². The highest BCUT2D eigenvalue weighted by molar-refractivity contribution is 14.1. The second kappa shape index (κ2) is 2.28. The van der Waals surface area contributed by atoms with Crippen LogP contribution in [0.5, 0.6) is 0 Å². The summed E-state index contributed by atoms with van der Waals surface area (Å²) in [6.07, 6.45) is 0.237. The van der Waals surface area contributed by atoms with Crippen molar-refractivity contribution in [2.24, 2.45) is 0 Å². The van der Waals surface area contributed by atoms with Gasteiger partial charge >= 0.3 is 5.97 Å². The van der Waals surface area contributed by atoms with E-state index in [4.69, 9.17) is 5.11 Å². The molecule has 1 N–H and O–H groups in total. The molecule has 1 heterocycles. The summed E-state index contributed by atoms with van der Waals surface area (Å²) >= 11 is 5.63. The zero-order valence-electron chi connectivity index (χ0n) is 4.37. The predicted octanol–water partition coefficient (Wildman–Crippen LogP) is 0.313. The van der Waals surface area contributed by atoms with Crippen LogP contribution >= 0.6 is 35.2 Å². The van der Waals surface area contributed by atoms with Crippen LogP contribution < -0.4 is 0 Å². The highest BCUT2D eigenvalue weighted by atomic mass is 127. The van der Waals surface area contributed by atoms with E-state index in [0.717, 1.165) is 0 Å². The fraction of sp³-hybridized carbons (Fsp3) is 0.750. The number of halogens is 1. The van der Waals surface area contributed by atoms with E-state index in [1.807, 2.05) is 22.6 Å². The summed E-state index contributed by atoms with van der Waals surface area (Å²) < 4.78 is 4.19. The summed E-state index contributed by atoms with van der Waals surface area (Å²) in [4.78, 5) is 10.4. The number of carbonyl (C=O) groups is 1. The molecular weight excluding hydrogens is 255 g/mol. The number of rotatable bonds is 0. The molecule has 9 heavy (non-hydrogen) atoms. The molecule has 1 saturated heterocycles. The maximum atomic E-state index is 10.4. The summed E-state index contributed by atoms with van der Waals surface area (Å²) in [5.74, 6) is -0.396. The molecule has 2 unspecified atom stereocenters. The van der Waals surface area contributed by atoms with Crippen LogP contribution in [0.25, 0.3) is 0 Å². The average molecular weight is 260 g/mol. The third-order valence-corrected chi connectivity index (χ3v) is 3.20. The van der Waals surface area contributed by atoms with Crippen molar-refractivity contribution in [1.82, 2.24) is 0 Å². The number of ether oxygens (including phenoxy) is 1. The fourth-order valence-electron chi connectivity index (χ4n) is 0.552. The predicted molar refractivity (Wildman–Crippen MR) is 42.5 cm³/mol. The molecule has 52 valence electrons. The molecule has 1 aliphatic rings.